The molecule has 1 saturated heterocycles. The number of piperidine rings is 1. The zero-order valence-corrected chi connectivity index (χ0v) is 17.9. The summed E-state index contributed by atoms with van der Waals surface area (Å²) in [5.74, 6) is -0.319. The number of benzene rings is 2. The van der Waals surface area contributed by atoms with Gasteiger partial charge in [-0.05, 0) is 43.0 Å². The molecule has 2 aromatic carbocycles. The van der Waals surface area contributed by atoms with E-state index in [0.717, 1.165) is 29.4 Å². The van der Waals surface area contributed by atoms with Crippen molar-refractivity contribution in [3.8, 4) is 16.9 Å². The third-order valence-corrected chi connectivity index (χ3v) is 5.56. The van der Waals surface area contributed by atoms with Crippen molar-refractivity contribution in [2.24, 2.45) is 5.92 Å². The van der Waals surface area contributed by atoms with Gasteiger partial charge in [-0.1, -0.05) is 30.3 Å². The third kappa shape index (κ3) is 4.82. The Labute approximate surface area is 185 Å². The lowest BCUT2D eigenvalue weighted by molar-refractivity contribution is -0.151. The number of fused-ring (bicyclic) bond motifs is 1. The smallest absolute Gasteiger partial charge is 0.336 e. The SMILES string of the molecule is CCOC(=O)C1CCCN(C(=O)COc2ccc3c(-c4ccccc4)cc(=O)oc3c2)C1. The maximum absolute atomic E-state index is 12.6. The molecule has 0 spiro atoms. The van der Waals surface area contributed by atoms with Crippen molar-refractivity contribution in [2.75, 3.05) is 26.3 Å². The van der Waals surface area contributed by atoms with Gasteiger partial charge < -0.3 is 18.8 Å². The van der Waals surface area contributed by atoms with Gasteiger partial charge in [-0.2, -0.15) is 0 Å². The fourth-order valence-electron chi connectivity index (χ4n) is 3.98. The topological polar surface area (TPSA) is 86.0 Å². The monoisotopic (exact) mass is 435 g/mol. The number of rotatable bonds is 6. The van der Waals surface area contributed by atoms with Gasteiger partial charge in [0.05, 0.1) is 12.5 Å². The Morgan fingerprint density at radius 3 is 2.72 bits per heavy atom. The molecule has 1 amide bonds. The van der Waals surface area contributed by atoms with E-state index in [1.165, 1.54) is 6.07 Å². The third-order valence-electron chi connectivity index (χ3n) is 5.56. The van der Waals surface area contributed by atoms with Gasteiger partial charge >= 0.3 is 11.6 Å². The van der Waals surface area contributed by atoms with Crippen LogP contribution >= 0.6 is 0 Å². The quantitative estimate of drug-likeness (QED) is 0.434. The van der Waals surface area contributed by atoms with Crippen molar-refractivity contribution >= 4 is 22.8 Å². The van der Waals surface area contributed by atoms with Crippen LogP contribution in [0.2, 0.25) is 0 Å². The molecule has 0 bridgehead atoms. The van der Waals surface area contributed by atoms with E-state index in [-0.39, 0.29) is 24.4 Å². The average Bonchev–Trinajstić information content (AvgIpc) is 2.82. The average molecular weight is 435 g/mol. The summed E-state index contributed by atoms with van der Waals surface area (Å²) in [6.07, 6.45) is 1.47. The fourth-order valence-corrected chi connectivity index (χ4v) is 3.98. The summed E-state index contributed by atoms with van der Waals surface area (Å²) in [5.41, 5.74) is 1.62. The van der Waals surface area contributed by atoms with Gasteiger partial charge in [0.2, 0.25) is 0 Å². The van der Waals surface area contributed by atoms with Crippen LogP contribution in [0.3, 0.4) is 0 Å². The highest BCUT2D eigenvalue weighted by Crippen LogP contribution is 2.29. The molecule has 4 rings (SSSR count). The second-order valence-corrected chi connectivity index (χ2v) is 7.72. The van der Waals surface area contributed by atoms with Crippen molar-refractivity contribution in [3.63, 3.8) is 0 Å². The Balaban J connectivity index is 1.46. The lowest BCUT2D eigenvalue weighted by atomic mass is 9.98. The number of amides is 1. The molecular weight excluding hydrogens is 410 g/mol. The van der Waals surface area contributed by atoms with Crippen LogP contribution in [0.4, 0.5) is 0 Å². The molecule has 1 unspecified atom stereocenters. The van der Waals surface area contributed by atoms with Crippen molar-refractivity contribution in [1.82, 2.24) is 4.90 Å². The molecule has 0 radical (unpaired) electrons. The van der Waals surface area contributed by atoms with Crippen LogP contribution in [0.25, 0.3) is 22.1 Å². The first-order valence-corrected chi connectivity index (χ1v) is 10.8. The second kappa shape index (κ2) is 9.68. The fraction of sp³-hybridized carbons (Fsp3) is 0.320. The highest BCUT2D eigenvalue weighted by atomic mass is 16.5. The highest BCUT2D eigenvalue weighted by Gasteiger charge is 2.29. The van der Waals surface area contributed by atoms with Crippen LogP contribution in [0, 0.1) is 5.92 Å². The predicted molar refractivity (Wildman–Crippen MR) is 119 cm³/mol. The highest BCUT2D eigenvalue weighted by molar-refractivity contribution is 5.93. The second-order valence-electron chi connectivity index (χ2n) is 7.72. The first-order chi connectivity index (χ1) is 15.5. The van der Waals surface area contributed by atoms with E-state index in [1.54, 1.807) is 24.0 Å². The van der Waals surface area contributed by atoms with E-state index < -0.39 is 5.63 Å². The number of carbonyl (C=O) groups excluding carboxylic acids is 2. The molecular formula is C25H25NO6. The zero-order valence-electron chi connectivity index (χ0n) is 17.9. The Morgan fingerprint density at radius 1 is 1.12 bits per heavy atom. The zero-order chi connectivity index (χ0) is 22.5. The lowest BCUT2D eigenvalue weighted by Gasteiger charge is -2.31. The number of hydrogen-bond donors (Lipinski definition) is 0. The van der Waals surface area contributed by atoms with Crippen LogP contribution in [0.1, 0.15) is 19.8 Å². The van der Waals surface area contributed by atoms with Crippen LogP contribution in [0.15, 0.2) is 63.8 Å². The Bertz CT molecular complexity index is 1170. The van der Waals surface area contributed by atoms with Gasteiger partial charge in [0.15, 0.2) is 6.61 Å². The predicted octanol–water partition coefficient (Wildman–Crippen LogP) is 3.64. The number of esters is 1. The van der Waals surface area contributed by atoms with Crippen LogP contribution in [-0.2, 0) is 14.3 Å². The molecule has 1 aliphatic rings. The number of hydrogen-bond acceptors (Lipinski definition) is 6. The van der Waals surface area contributed by atoms with E-state index in [4.69, 9.17) is 13.9 Å². The minimum Gasteiger partial charge on any atom is -0.484 e. The summed E-state index contributed by atoms with van der Waals surface area (Å²) >= 11 is 0. The molecule has 0 aliphatic carbocycles. The van der Waals surface area contributed by atoms with E-state index in [1.807, 2.05) is 36.4 Å². The Kier molecular flexibility index (Phi) is 6.54. The molecule has 0 saturated carbocycles. The Morgan fingerprint density at radius 2 is 1.94 bits per heavy atom. The van der Waals surface area contributed by atoms with Gasteiger partial charge in [-0.25, -0.2) is 4.79 Å². The van der Waals surface area contributed by atoms with Crippen molar-refractivity contribution < 1.29 is 23.5 Å². The molecule has 166 valence electrons. The number of carbonyl (C=O) groups is 2. The minimum absolute atomic E-state index is 0.163. The summed E-state index contributed by atoms with van der Waals surface area (Å²) < 4.78 is 16.1. The Hall–Kier alpha value is -3.61. The minimum atomic E-state index is -0.456. The molecule has 2 heterocycles. The van der Waals surface area contributed by atoms with Crippen molar-refractivity contribution in [2.45, 2.75) is 19.8 Å². The van der Waals surface area contributed by atoms with Crippen molar-refractivity contribution in [3.05, 3.63) is 65.0 Å². The molecule has 7 nitrogen and oxygen atoms in total. The number of likely N-dealkylation sites (tertiary alicyclic amines) is 1. The summed E-state index contributed by atoms with van der Waals surface area (Å²) in [7, 11) is 0. The first kappa shape index (κ1) is 21.6. The van der Waals surface area contributed by atoms with Gasteiger partial charge in [-0.15, -0.1) is 0 Å². The van der Waals surface area contributed by atoms with Crippen LogP contribution < -0.4 is 10.4 Å². The van der Waals surface area contributed by atoms with E-state index in [9.17, 15) is 14.4 Å². The molecule has 1 fully saturated rings. The first-order valence-electron chi connectivity index (χ1n) is 10.8. The summed E-state index contributed by atoms with van der Waals surface area (Å²) in [6, 6.07) is 16.2. The van der Waals surface area contributed by atoms with Gasteiger partial charge in [-0.3, -0.25) is 9.59 Å². The van der Waals surface area contributed by atoms with E-state index in [2.05, 4.69) is 0 Å². The van der Waals surface area contributed by atoms with Gasteiger partial charge in [0.1, 0.15) is 11.3 Å². The maximum Gasteiger partial charge on any atom is 0.336 e. The van der Waals surface area contributed by atoms with Crippen LogP contribution in [-0.4, -0.2) is 43.1 Å². The summed E-state index contributed by atoms with van der Waals surface area (Å²) in [6.45, 7) is 2.87. The molecule has 7 heteroatoms. The van der Waals surface area contributed by atoms with Crippen molar-refractivity contribution in [1.29, 1.82) is 0 Å². The largest absolute Gasteiger partial charge is 0.484 e. The summed E-state index contributed by atoms with van der Waals surface area (Å²) in [4.78, 5) is 38.4. The van der Waals surface area contributed by atoms with E-state index >= 15 is 0 Å². The maximum atomic E-state index is 12.6. The van der Waals surface area contributed by atoms with Crippen LogP contribution in [0.5, 0.6) is 5.75 Å². The number of nitrogens with zero attached hydrogens (tertiary/aromatic N) is 1. The van der Waals surface area contributed by atoms with E-state index in [0.29, 0.717) is 31.0 Å². The molecule has 1 atom stereocenters. The lowest BCUT2D eigenvalue weighted by Crippen LogP contribution is -2.44. The molecule has 1 aliphatic heterocycles. The van der Waals surface area contributed by atoms with Gasteiger partial charge in [0, 0.05) is 30.6 Å². The summed E-state index contributed by atoms with van der Waals surface area (Å²) in [5, 5.41) is 0.780. The molecule has 0 N–H and O–H groups in total. The standard InChI is InChI=1S/C25H25NO6/c1-2-30-25(29)18-9-6-12-26(15-18)23(27)16-31-19-10-11-20-21(17-7-4-3-5-8-17)14-24(28)32-22(20)13-19/h3-5,7-8,10-11,13-14,18H,2,6,9,12,15-16H2,1H3. The molecule has 1 aromatic heterocycles. The molecule has 3 aromatic rings. The van der Waals surface area contributed by atoms with Gasteiger partial charge in [0.25, 0.3) is 5.91 Å². The number of ether oxygens (including phenoxy) is 2. The normalized spacial score (nSPS) is 16.0. The molecule has 32 heavy (non-hydrogen) atoms.